The zero-order valence-electron chi connectivity index (χ0n) is 12.6. The number of hydrogen-bond acceptors (Lipinski definition) is 3. The Bertz CT molecular complexity index is 357. The summed E-state index contributed by atoms with van der Waals surface area (Å²) in [5.41, 5.74) is 0. The molecule has 1 aliphatic rings. The Kier molecular flexibility index (Phi) is 6.73. The molecule has 0 aromatic heterocycles. The molecule has 0 radical (unpaired) electrons. The molecule has 1 heterocycles. The van der Waals surface area contributed by atoms with E-state index in [2.05, 4.69) is 23.9 Å². The first kappa shape index (κ1) is 16.9. The highest BCUT2D eigenvalue weighted by Gasteiger charge is 2.30. The van der Waals surface area contributed by atoms with E-state index in [9.17, 15) is 8.42 Å². The third-order valence-corrected chi connectivity index (χ3v) is 5.21. The van der Waals surface area contributed by atoms with Crippen molar-refractivity contribution in [1.29, 1.82) is 0 Å². The van der Waals surface area contributed by atoms with Gasteiger partial charge in [-0.05, 0) is 38.1 Å². The minimum Gasteiger partial charge on any atom is -0.314 e. The molecule has 0 bridgehead atoms. The molecule has 19 heavy (non-hydrogen) atoms. The lowest BCUT2D eigenvalue weighted by Crippen LogP contribution is -2.50. The molecule has 0 aliphatic carbocycles. The predicted molar refractivity (Wildman–Crippen MR) is 79.2 cm³/mol. The zero-order chi connectivity index (χ0) is 14.5. The van der Waals surface area contributed by atoms with Gasteiger partial charge in [-0.2, -0.15) is 12.7 Å². The van der Waals surface area contributed by atoms with Gasteiger partial charge in [0.1, 0.15) is 0 Å². The molecule has 1 fully saturated rings. The number of nitrogens with zero attached hydrogens (tertiary/aromatic N) is 1. The van der Waals surface area contributed by atoms with Crippen molar-refractivity contribution >= 4 is 10.2 Å². The molecule has 0 saturated carbocycles. The standard InChI is InChI=1S/C13H29N3O2S/c1-5-14-12(4)13-7-6-8-16(10-13)19(17,18)15-9-11(2)3/h11-15H,5-10H2,1-4H3. The van der Waals surface area contributed by atoms with Crippen molar-refractivity contribution in [2.24, 2.45) is 11.8 Å². The van der Waals surface area contributed by atoms with Gasteiger partial charge in [0.2, 0.25) is 0 Å². The van der Waals surface area contributed by atoms with Crippen LogP contribution in [0.5, 0.6) is 0 Å². The summed E-state index contributed by atoms with van der Waals surface area (Å²) in [6.07, 6.45) is 2.05. The largest absolute Gasteiger partial charge is 0.314 e. The molecule has 1 rings (SSSR count). The first-order chi connectivity index (χ1) is 8.86. The highest BCUT2D eigenvalue weighted by molar-refractivity contribution is 7.87. The van der Waals surface area contributed by atoms with Gasteiger partial charge < -0.3 is 5.32 Å². The van der Waals surface area contributed by atoms with E-state index in [1.54, 1.807) is 4.31 Å². The summed E-state index contributed by atoms with van der Waals surface area (Å²) in [5, 5.41) is 3.40. The fourth-order valence-electron chi connectivity index (χ4n) is 2.45. The second-order valence-electron chi connectivity index (χ2n) is 5.85. The van der Waals surface area contributed by atoms with Crippen molar-refractivity contribution in [2.45, 2.75) is 46.6 Å². The van der Waals surface area contributed by atoms with E-state index in [1.807, 2.05) is 13.8 Å². The van der Waals surface area contributed by atoms with Crippen LogP contribution in [0.3, 0.4) is 0 Å². The van der Waals surface area contributed by atoms with E-state index in [-0.39, 0.29) is 0 Å². The van der Waals surface area contributed by atoms with Gasteiger partial charge in [0.15, 0.2) is 0 Å². The van der Waals surface area contributed by atoms with Gasteiger partial charge in [-0.25, -0.2) is 4.72 Å². The van der Waals surface area contributed by atoms with E-state index in [4.69, 9.17) is 0 Å². The van der Waals surface area contributed by atoms with Crippen LogP contribution in [0, 0.1) is 11.8 Å². The molecule has 0 aromatic rings. The average molecular weight is 291 g/mol. The van der Waals surface area contributed by atoms with Crippen molar-refractivity contribution < 1.29 is 8.42 Å². The summed E-state index contributed by atoms with van der Waals surface area (Å²) in [6.45, 7) is 10.9. The second-order valence-corrected chi connectivity index (χ2v) is 7.61. The fourth-order valence-corrected chi connectivity index (χ4v) is 3.94. The van der Waals surface area contributed by atoms with Crippen molar-refractivity contribution in [3.8, 4) is 0 Å². The third-order valence-electron chi connectivity index (χ3n) is 3.67. The Labute approximate surface area is 118 Å². The normalized spacial score (nSPS) is 23.7. The molecule has 2 atom stereocenters. The van der Waals surface area contributed by atoms with Crippen molar-refractivity contribution in [1.82, 2.24) is 14.3 Å². The minimum atomic E-state index is -3.30. The molecular formula is C13H29N3O2S. The van der Waals surface area contributed by atoms with Crippen LogP contribution in [0.4, 0.5) is 0 Å². The molecule has 1 saturated heterocycles. The number of piperidine rings is 1. The molecule has 2 N–H and O–H groups in total. The van der Waals surface area contributed by atoms with Gasteiger partial charge >= 0.3 is 0 Å². The van der Waals surface area contributed by atoms with Gasteiger partial charge in [0, 0.05) is 25.7 Å². The van der Waals surface area contributed by atoms with E-state index < -0.39 is 10.2 Å². The van der Waals surface area contributed by atoms with Crippen LogP contribution in [0.15, 0.2) is 0 Å². The van der Waals surface area contributed by atoms with E-state index >= 15 is 0 Å². The van der Waals surface area contributed by atoms with Crippen LogP contribution < -0.4 is 10.0 Å². The Morgan fingerprint density at radius 1 is 1.32 bits per heavy atom. The summed E-state index contributed by atoms with van der Waals surface area (Å²) >= 11 is 0. The van der Waals surface area contributed by atoms with E-state index in [0.717, 1.165) is 19.4 Å². The monoisotopic (exact) mass is 291 g/mol. The third kappa shape index (κ3) is 5.38. The quantitative estimate of drug-likeness (QED) is 0.740. The summed E-state index contributed by atoms with van der Waals surface area (Å²) in [7, 11) is -3.30. The number of rotatable bonds is 7. The van der Waals surface area contributed by atoms with Gasteiger partial charge in [-0.3, -0.25) is 0 Å². The second kappa shape index (κ2) is 7.57. The van der Waals surface area contributed by atoms with Crippen LogP contribution in [-0.4, -0.2) is 44.9 Å². The highest BCUT2D eigenvalue weighted by atomic mass is 32.2. The first-order valence-electron chi connectivity index (χ1n) is 7.35. The van der Waals surface area contributed by atoms with E-state index in [1.165, 1.54) is 0 Å². The lowest BCUT2D eigenvalue weighted by Gasteiger charge is -2.35. The van der Waals surface area contributed by atoms with Crippen molar-refractivity contribution in [3.05, 3.63) is 0 Å². The van der Waals surface area contributed by atoms with Gasteiger partial charge in [0.05, 0.1) is 0 Å². The Morgan fingerprint density at radius 2 is 2.00 bits per heavy atom. The van der Waals surface area contributed by atoms with Crippen LogP contribution >= 0.6 is 0 Å². The van der Waals surface area contributed by atoms with E-state index in [0.29, 0.717) is 37.5 Å². The van der Waals surface area contributed by atoms with Gasteiger partial charge in [0.25, 0.3) is 10.2 Å². The summed E-state index contributed by atoms with van der Waals surface area (Å²) < 4.78 is 28.7. The number of hydrogen-bond donors (Lipinski definition) is 2. The van der Waals surface area contributed by atoms with Crippen LogP contribution in [0.25, 0.3) is 0 Å². The molecule has 6 heteroatoms. The van der Waals surface area contributed by atoms with Crippen molar-refractivity contribution in [3.63, 3.8) is 0 Å². The molecule has 0 amide bonds. The lowest BCUT2D eigenvalue weighted by molar-refractivity contribution is 0.223. The Hall–Kier alpha value is -0.170. The van der Waals surface area contributed by atoms with Gasteiger partial charge in [-0.15, -0.1) is 0 Å². The zero-order valence-corrected chi connectivity index (χ0v) is 13.5. The summed E-state index contributed by atoms with van der Waals surface area (Å²) in [5.74, 6) is 0.736. The predicted octanol–water partition coefficient (Wildman–Crippen LogP) is 1.19. The van der Waals surface area contributed by atoms with Crippen LogP contribution in [-0.2, 0) is 10.2 Å². The van der Waals surface area contributed by atoms with Crippen LogP contribution in [0.1, 0.15) is 40.5 Å². The molecule has 0 aromatic carbocycles. The minimum absolute atomic E-state index is 0.330. The SMILES string of the molecule is CCNC(C)C1CCCN(S(=O)(=O)NCC(C)C)C1. The van der Waals surface area contributed by atoms with Crippen LogP contribution in [0.2, 0.25) is 0 Å². The fraction of sp³-hybridized carbons (Fsp3) is 1.00. The maximum Gasteiger partial charge on any atom is 0.279 e. The Morgan fingerprint density at radius 3 is 2.58 bits per heavy atom. The maximum absolute atomic E-state index is 12.2. The van der Waals surface area contributed by atoms with Crippen molar-refractivity contribution in [2.75, 3.05) is 26.2 Å². The Balaban J connectivity index is 2.58. The number of nitrogens with one attached hydrogen (secondary N) is 2. The molecule has 1 aliphatic heterocycles. The first-order valence-corrected chi connectivity index (χ1v) is 8.79. The molecule has 114 valence electrons. The molecule has 2 unspecified atom stereocenters. The summed E-state index contributed by atoms with van der Waals surface area (Å²) in [6, 6.07) is 0.369. The topological polar surface area (TPSA) is 61.4 Å². The lowest BCUT2D eigenvalue weighted by atomic mass is 9.93. The smallest absolute Gasteiger partial charge is 0.279 e. The summed E-state index contributed by atoms with van der Waals surface area (Å²) in [4.78, 5) is 0. The average Bonchev–Trinajstić information content (AvgIpc) is 2.37. The highest BCUT2D eigenvalue weighted by Crippen LogP contribution is 2.21. The van der Waals surface area contributed by atoms with Gasteiger partial charge in [-0.1, -0.05) is 20.8 Å². The molecule has 5 nitrogen and oxygen atoms in total. The molecule has 0 spiro atoms. The maximum atomic E-state index is 12.2. The molecular weight excluding hydrogens is 262 g/mol.